The third-order valence-electron chi connectivity index (χ3n) is 0.954. The van der Waals surface area contributed by atoms with Gasteiger partial charge in [0.1, 0.15) is 0 Å². The molecule has 0 aliphatic carbocycles. The molecule has 0 amide bonds. The molecule has 0 aromatic heterocycles. The van der Waals surface area contributed by atoms with Crippen LogP contribution < -0.4 is 0 Å². The zero-order chi connectivity index (χ0) is 5.44. The Bertz CT molecular complexity index is 99.1. The van der Waals surface area contributed by atoms with Gasteiger partial charge in [-0.1, -0.05) is 0 Å². The minimum atomic E-state index is -0.854. The molecule has 1 fully saturated rings. The van der Waals surface area contributed by atoms with Crippen molar-refractivity contribution in [1.29, 1.82) is 0 Å². The van der Waals surface area contributed by atoms with Crippen molar-refractivity contribution in [2.24, 2.45) is 0 Å². The summed E-state index contributed by atoms with van der Waals surface area (Å²) in [5, 5.41) is 8.10. The molecule has 0 bridgehead atoms. The summed E-state index contributed by atoms with van der Waals surface area (Å²) in [6, 6.07) is 0. The number of epoxide rings is 1. The van der Waals surface area contributed by atoms with Crippen LogP contribution in [0.2, 0.25) is 0 Å². The molecular formula is C4H6O3. The maximum Gasteiger partial charge on any atom is 0.335 e. The Kier molecular flexibility index (Phi) is 0.785. The van der Waals surface area contributed by atoms with Crippen LogP contribution >= 0.6 is 0 Å². The second kappa shape index (κ2) is 1.20. The minimum absolute atomic E-state index is 0.0579. The number of carboxylic acids is 1. The molecule has 1 N–H and O–H groups in total. The summed E-state index contributed by atoms with van der Waals surface area (Å²) in [7, 11) is 0. The summed E-state index contributed by atoms with van der Waals surface area (Å²) >= 11 is 0. The molecule has 1 heterocycles. The molecule has 0 saturated carbocycles. The molecular weight excluding hydrogens is 96.0 g/mol. The van der Waals surface area contributed by atoms with Gasteiger partial charge in [0.25, 0.3) is 0 Å². The predicted octanol–water partition coefficient (Wildman–Crippen LogP) is -0.142. The van der Waals surface area contributed by atoms with E-state index in [4.69, 9.17) is 5.11 Å². The van der Waals surface area contributed by atoms with Crippen molar-refractivity contribution in [3.63, 3.8) is 0 Å². The maximum absolute atomic E-state index is 9.85. The van der Waals surface area contributed by atoms with Crippen molar-refractivity contribution in [2.45, 2.75) is 19.1 Å². The van der Waals surface area contributed by atoms with Crippen LogP contribution in [0, 0.1) is 0 Å². The Hall–Kier alpha value is -0.570. The Morgan fingerprint density at radius 1 is 1.86 bits per heavy atom. The fourth-order valence-electron chi connectivity index (χ4n) is 0.445. The second-order valence-electron chi connectivity index (χ2n) is 1.60. The molecule has 7 heavy (non-hydrogen) atoms. The normalized spacial score (nSPS) is 37.9. The van der Waals surface area contributed by atoms with E-state index in [1.165, 1.54) is 0 Å². The van der Waals surface area contributed by atoms with E-state index in [2.05, 4.69) is 4.74 Å². The van der Waals surface area contributed by atoms with Gasteiger partial charge in [-0.2, -0.15) is 0 Å². The Labute approximate surface area is 40.9 Å². The molecule has 0 unspecified atom stereocenters. The first-order chi connectivity index (χ1) is 3.22. The highest BCUT2D eigenvalue weighted by Gasteiger charge is 2.40. The Morgan fingerprint density at radius 2 is 2.29 bits per heavy atom. The molecule has 1 rings (SSSR count). The monoisotopic (exact) mass is 102 g/mol. The third-order valence-corrected chi connectivity index (χ3v) is 0.954. The van der Waals surface area contributed by atoms with E-state index in [0.717, 1.165) is 0 Å². The van der Waals surface area contributed by atoms with Gasteiger partial charge in [-0.05, 0) is 6.92 Å². The summed E-state index contributed by atoms with van der Waals surface area (Å²) in [6.45, 7) is 1.73. The van der Waals surface area contributed by atoms with E-state index in [9.17, 15) is 4.79 Å². The molecule has 40 valence electrons. The average molecular weight is 102 g/mol. The summed E-state index contributed by atoms with van der Waals surface area (Å²) in [5.41, 5.74) is 0. The van der Waals surface area contributed by atoms with E-state index < -0.39 is 12.1 Å². The number of hydrogen-bond donors (Lipinski definition) is 1. The van der Waals surface area contributed by atoms with Crippen LogP contribution in [0.4, 0.5) is 0 Å². The van der Waals surface area contributed by atoms with Crippen LogP contribution in [-0.4, -0.2) is 23.3 Å². The van der Waals surface area contributed by atoms with Crippen LogP contribution in [0.1, 0.15) is 6.92 Å². The lowest BCUT2D eigenvalue weighted by Gasteiger charge is -1.74. The summed E-state index contributed by atoms with van der Waals surface area (Å²) in [6.07, 6.45) is -0.572. The second-order valence-corrected chi connectivity index (χ2v) is 1.60. The average Bonchev–Trinajstić information content (AvgIpc) is 2.17. The highest BCUT2D eigenvalue weighted by Crippen LogP contribution is 2.20. The zero-order valence-corrected chi connectivity index (χ0v) is 3.92. The topological polar surface area (TPSA) is 49.8 Å². The van der Waals surface area contributed by atoms with Gasteiger partial charge >= 0.3 is 5.97 Å². The standard InChI is InChI=1S/C4H6O3/c1-2-3(7-2)4(5)6/h2-3H,1H3,(H,5,6)/t2-,3-/m0/s1. The number of aliphatic carboxylic acids is 1. The van der Waals surface area contributed by atoms with Gasteiger partial charge in [0.2, 0.25) is 0 Å². The molecule has 3 heteroatoms. The van der Waals surface area contributed by atoms with Crippen molar-refractivity contribution in [1.82, 2.24) is 0 Å². The first kappa shape index (κ1) is 4.59. The fourth-order valence-corrected chi connectivity index (χ4v) is 0.445. The molecule has 0 aromatic rings. The highest BCUT2D eigenvalue weighted by molar-refractivity contribution is 5.75. The lowest BCUT2D eigenvalue weighted by molar-refractivity contribution is -0.138. The van der Waals surface area contributed by atoms with E-state index >= 15 is 0 Å². The quantitative estimate of drug-likeness (QED) is 0.469. The van der Waals surface area contributed by atoms with Crippen LogP contribution in [0.15, 0.2) is 0 Å². The van der Waals surface area contributed by atoms with Crippen LogP contribution in [0.25, 0.3) is 0 Å². The van der Waals surface area contributed by atoms with Crippen molar-refractivity contribution in [3.05, 3.63) is 0 Å². The number of carbonyl (C=O) groups is 1. The van der Waals surface area contributed by atoms with Crippen molar-refractivity contribution >= 4 is 5.97 Å². The smallest absolute Gasteiger partial charge is 0.335 e. The molecule has 3 nitrogen and oxygen atoms in total. The van der Waals surface area contributed by atoms with Gasteiger partial charge < -0.3 is 9.84 Å². The van der Waals surface area contributed by atoms with E-state index in [1.807, 2.05) is 0 Å². The van der Waals surface area contributed by atoms with E-state index in [1.54, 1.807) is 6.92 Å². The number of carboxylic acid groups (broad SMARTS) is 1. The SMILES string of the molecule is C[C@@H]1O[C@@H]1C(=O)O. The van der Waals surface area contributed by atoms with Crippen molar-refractivity contribution < 1.29 is 14.6 Å². The lowest BCUT2D eigenvalue weighted by Crippen LogP contribution is -2.05. The molecule has 2 atom stereocenters. The van der Waals surface area contributed by atoms with E-state index in [-0.39, 0.29) is 6.10 Å². The van der Waals surface area contributed by atoms with Crippen LogP contribution in [0.3, 0.4) is 0 Å². The molecule has 0 spiro atoms. The van der Waals surface area contributed by atoms with Gasteiger partial charge in [0.15, 0.2) is 6.10 Å². The third kappa shape index (κ3) is 0.718. The first-order valence-corrected chi connectivity index (χ1v) is 2.10. The predicted molar refractivity (Wildman–Crippen MR) is 22.0 cm³/mol. The van der Waals surface area contributed by atoms with Gasteiger partial charge in [-0.15, -0.1) is 0 Å². The Balaban J connectivity index is 2.33. The number of rotatable bonds is 1. The zero-order valence-electron chi connectivity index (χ0n) is 3.92. The van der Waals surface area contributed by atoms with Crippen molar-refractivity contribution in [3.8, 4) is 0 Å². The Morgan fingerprint density at radius 3 is 2.29 bits per heavy atom. The highest BCUT2D eigenvalue weighted by atomic mass is 16.6. The molecule has 0 radical (unpaired) electrons. The van der Waals surface area contributed by atoms with E-state index in [0.29, 0.717) is 0 Å². The molecule has 1 saturated heterocycles. The summed E-state index contributed by atoms with van der Waals surface area (Å²) in [5.74, 6) is -0.854. The summed E-state index contributed by atoms with van der Waals surface area (Å²) in [4.78, 5) is 9.85. The minimum Gasteiger partial charge on any atom is -0.479 e. The number of ether oxygens (including phenoxy) is 1. The lowest BCUT2D eigenvalue weighted by atomic mass is 10.4. The van der Waals surface area contributed by atoms with Gasteiger partial charge in [-0.25, -0.2) is 4.79 Å². The molecule has 1 aliphatic rings. The van der Waals surface area contributed by atoms with Gasteiger partial charge in [0, 0.05) is 0 Å². The van der Waals surface area contributed by atoms with Gasteiger partial charge in [0.05, 0.1) is 6.10 Å². The van der Waals surface area contributed by atoms with Crippen molar-refractivity contribution in [2.75, 3.05) is 0 Å². The summed E-state index contributed by atoms with van der Waals surface area (Å²) < 4.78 is 4.58. The first-order valence-electron chi connectivity index (χ1n) is 2.10. The maximum atomic E-state index is 9.85. The fraction of sp³-hybridized carbons (Fsp3) is 0.750. The molecule has 1 aliphatic heterocycles. The van der Waals surface area contributed by atoms with Crippen LogP contribution in [-0.2, 0) is 9.53 Å². The number of hydrogen-bond acceptors (Lipinski definition) is 2. The molecule has 0 aromatic carbocycles. The largest absolute Gasteiger partial charge is 0.479 e. The van der Waals surface area contributed by atoms with Gasteiger partial charge in [-0.3, -0.25) is 0 Å². The van der Waals surface area contributed by atoms with Crippen LogP contribution in [0.5, 0.6) is 0 Å².